The minimum Gasteiger partial charge on any atom is -0.507 e. The largest absolute Gasteiger partial charge is 0.507 e. The predicted molar refractivity (Wildman–Crippen MR) is 136 cm³/mol. The SMILES string of the molecule is CCCCCCCC1=CC(=O)C=C(OC)[C@@]12C(=O)Oc1cc(O)c(C(=O)O)c(CCCCCCC)c12. The van der Waals surface area contributed by atoms with Gasteiger partial charge in [0.25, 0.3) is 0 Å². The summed E-state index contributed by atoms with van der Waals surface area (Å²) in [6, 6.07) is 1.20. The topological polar surface area (TPSA) is 110 Å². The molecule has 2 N–H and O–H groups in total. The van der Waals surface area contributed by atoms with Gasteiger partial charge in [0.2, 0.25) is 0 Å². The van der Waals surface area contributed by atoms with E-state index in [1.165, 1.54) is 25.3 Å². The number of phenols is 1. The van der Waals surface area contributed by atoms with Gasteiger partial charge in [-0.05, 0) is 42.9 Å². The number of ketones is 1. The highest BCUT2D eigenvalue weighted by molar-refractivity contribution is 6.09. The molecule has 3 rings (SSSR count). The van der Waals surface area contributed by atoms with Crippen molar-refractivity contribution in [3.05, 3.63) is 46.2 Å². The number of benzene rings is 1. The van der Waals surface area contributed by atoms with Gasteiger partial charge in [-0.3, -0.25) is 4.79 Å². The van der Waals surface area contributed by atoms with Crippen LogP contribution >= 0.6 is 0 Å². The summed E-state index contributed by atoms with van der Waals surface area (Å²) < 4.78 is 11.3. The molecule has 1 atom stereocenters. The second kappa shape index (κ2) is 12.2. The highest BCUT2D eigenvalue weighted by atomic mass is 16.5. The highest BCUT2D eigenvalue weighted by Crippen LogP contribution is 2.55. The Morgan fingerprint density at radius 2 is 1.56 bits per heavy atom. The standard InChI is InChI=1S/C29H38O7/c1-4-6-8-10-12-14-19-16-20(30)17-24(35-3)29(19)26-21(15-13-11-9-7-5-2)25(27(32)33)22(31)18-23(26)36-28(29)34/h16-18,31H,4-15H2,1-3H3,(H,32,33)/t29-/m0/s1. The highest BCUT2D eigenvalue weighted by Gasteiger charge is 2.59. The second-order valence-corrected chi connectivity index (χ2v) is 9.68. The van der Waals surface area contributed by atoms with Crippen LogP contribution in [0.3, 0.4) is 0 Å². The van der Waals surface area contributed by atoms with Gasteiger partial charge in [-0.1, -0.05) is 65.2 Å². The van der Waals surface area contributed by atoms with Crippen molar-refractivity contribution < 1.29 is 34.1 Å². The van der Waals surface area contributed by atoms with Gasteiger partial charge in [0.15, 0.2) is 11.2 Å². The number of hydrogen-bond donors (Lipinski definition) is 2. The van der Waals surface area contributed by atoms with Gasteiger partial charge in [-0.25, -0.2) is 9.59 Å². The number of carboxylic acids is 1. The lowest BCUT2D eigenvalue weighted by atomic mass is 9.66. The number of aromatic carboxylic acids is 1. The molecule has 1 spiro atoms. The van der Waals surface area contributed by atoms with Crippen LogP contribution in [0.1, 0.15) is 106 Å². The molecule has 36 heavy (non-hydrogen) atoms. The van der Waals surface area contributed by atoms with E-state index in [2.05, 4.69) is 13.8 Å². The van der Waals surface area contributed by atoms with Crippen LogP contribution in [0.5, 0.6) is 11.5 Å². The summed E-state index contributed by atoms with van der Waals surface area (Å²) in [4.78, 5) is 38.6. The van der Waals surface area contributed by atoms with Crippen molar-refractivity contribution in [3.8, 4) is 11.5 Å². The van der Waals surface area contributed by atoms with E-state index in [1.54, 1.807) is 0 Å². The quantitative estimate of drug-likeness (QED) is 0.179. The molecule has 0 amide bonds. The summed E-state index contributed by atoms with van der Waals surface area (Å²) in [5, 5.41) is 20.6. The summed E-state index contributed by atoms with van der Waals surface area (Å²) in [7, 11) is 1.40. The molecular formula is C29H38O7. The number of carbonyl (C=O) groups excluding carboxylic acids is 2. The first-order chi connectivity index (χ1) is 17.3. The van der Waals surface area contributed by atoms with E-state index in [-0.39, 0.29) is 22.9 Å². The molecule has 0 bridgehead atoms. The van der Waals surface area contributed by atoms with Crippen molar-refractivity contribution in [2.24, 2.45) is 0 Å². The van der Waals surface area contributed by atoms with Crippen LogP contribution in [0.4, 0.5) is 0 Å². The zero-order chi connectivity index (χ0) is 26.3. The molecule has 0 aromatic heterocycles. The number of fused-ring (bicyclic) bond motifs is 2. The Hall–Kier alpha value is -3.09. The lowest BCUT2D eigenvalue weighted by Gasteiger charge is -2.34. The molecule has 0 radical (unpaired) electrons. The average molecular weight is 499 g/mol. The van der Waals surface area contributed by atoms with Crippen molar-refractivity contribution in [2.45, 2.75) is 96.3 Å². The Bertz CT molecular complexity index is 1070. The van der Waals surface area contributed by atoms with Gasteiger partial charge in [-0.2, -0.15) is 0 Å². The first-order valence-electron chi connectivity index (χ1n) is 13.2. The molecule has 1 aromatic carbocycles. The number of allylic oxidation sites excluding steroid dienone is 2. The number of hydrogen-bond acceptors (Lipinski definition) is 6. The third kappa shape index (κ3) is 5.20. The Morgan fingerprint density at radius 3 is 2.14 bits per heavy atom. The van der Waals surface area contributed by atoms with Crippen LogP contribution in [0.25, 0.3) is 0 Å². The van der Waals surface area contributed by atoms with Gasteiger partial charge in [0.05, 0.1) is 7.11 Å². The van der Waals surface area contributed by atoms with Gasteiger partial charge >= 0.3 is 11.9 Å². The molecule has 1 aromatic rings. The van der Waals surface area contributed by atoms with E-state index in [0.29, 0.717) is 36.0 Å². The molecule has 1 aliphatic carbocycles. The van der Waals surface area contributed by atoms with Crippen molar-refractivity contribution in [3.63, 3.8) is 0 Å². The average Bonchev–Trinajstić information content (AvgIpc) is 3.12. The van der Waals surface area contributed by atoms with E-state index in [1.807, 2.05) is 0 Å². The molecule has 7 nitrogen and oxygen atoms in total. The number of rotatable bonds is 14. The van der Waals surface area contributed by atoms with Gasteiger partial charge in [0.1, 0.15) is 22.8 Å². The molecule has 2 aliphatic rings. The van der Waals surface area contributed by atoms with Crippen LogP contribution < -0.4 is 4.74 Å². The van der Waals surface area contributed by atoms with Gasteiger partial charge in [0, 0.05) is 17.7 Å². The van der Waals surface area contributed by atoms with Gasteiger partial charge < -0.3 is 19.7 Å². The lowest BCUT2D eigenvalue weighted by molar-refractivity contribution is -0.137. The summed E-state index contributed by atoms with van der Waals surface area (Å²) in [5.41, 5.74) is -0.440. The van der Waals surface area contributed by atoms with Crippen LogP contribution in [-0.4, -0.2) is 35.0 Å². The molecule has 0 unspecified atom stereocenters. The zero-order valence-corrected chi connectivity index (χ0v) is 21.7. The Balaban J connectivity index is 2.15. The summed E-state index contributed by atoms with van der Waals surface area (Å²) in [5.74, 6) is -2.35. The smallest absolute Gasteiger partial charge is 0.339 e. The van der Waals surface area contributed by atoms with E-state index in [9.17, 15) is 24.6 Å². The summed E-state index contributed by atoms with van der Waals surface area (Å²) in [6.45, 7) is 4.26. The summed E-state index contributed by atoms with van der Waals surface area (Å²) >= 11 is 0. The minimum absolute atomic E-state index is 0.125. The number of methoxy groups -OCH3 is 1. The summed E-state index contributed by atoms with van der Waals surface area (Å²) in [6.07, 6.45) is 13.3. The third-order valence-electron chi connectivity index (χ3n) is 7.21. The Kier molecular flexibility index (Phi) is 9.35. The molecule has 7 heteroatoms. The van der Waals surface area contributed by atoms with Crippen LogP contribution in [-0.2, 0) is 26.2 Å². The molecule has 1 heterocycles. The van der Waals surface area contributed by atoms with Crippen molar-refractivity contribution in [1.29, 1.82) is 0 Å². The maximum atomic E-state index is 13.7. The van der Waals surface area contributed by atoms with Crippen LogP contribution in [0.15, 0.2) is 29.6 Å². The number of ether oxygens (including phenoxy) is 2. The number of esters is 1. The number of unbranched alkanes of at least 4 members (excludes halogenated alkanes) is 8. The number of aromatic hydroxyl groups is 1. The third-order valence-corrected chi connectivity index (χ3v) is 7.21. The fourth-order valence-electron chi connectivity index (χ4n) is 5.48. The van der Waals surface area contributed by atoms with Crippen molar-refractivity contribution in [1.82, 2.24) is 0 Å². The van der Waals surface area contributed by atoms with E-state index in [4.69, 9.17) is 9.47 Å². The van der Waals surface area contributed by atoms with E-state index >= 15 is 0 Å². The number of carboxylic acid groups (broad SMARTS) is 1. The molecular weight excluding hydrogens is 460 g/mol. The Morgan fingerprint density at radius 1 is 0.944 bits per heavy atom. The molecule has 196 valence electrons. The predicted octanol–water partition coefficient (Wildman–Crippen LogP) is 6.16. The molecule has 0 saturated carbocycles. The lowest BCUT2D eigenvalue weighted by Crippen LogP contribution is -2.42. The zero-order valence-electron chi connectivity index (χ0n) is 21.7. The van der Waals surface area contributed by atoms with Crippen molar-refractivity contribution >= 4 is 17.7 Å². The van der Waals surface area contributed by atoms with Crippen molar-refractivity contribution in [2.75, 3.05) is 7.11 Å². The van der Waals surface area contributed by atoms with E-state index in [0.717, 1.165) is 57.8 Å². The van der Waals surface area contributed by atoms with Crippen LogP contribution in [0, 0.1) is 0 Å². The molecule has 0 fully saturated rings. The second-order valence-electron chi connectivity index (χ2n) is 9.68. The first-order valence-corrected chi connectivity index (χ1v) is 13.2. The maximum Gasteiger partial charge on any atom is 0.339 e. The number of carbonyl (C=O) groups is 3. The molecule has 0 saturated heterocycles. The first kappa shape index (κ1) is 27.5. The van der Waals surface area contributed by atoms with Gasteiger partial charge in [-0.15, -0.1) is 0 Å². The molecule has 1 aliphatic heterocycles. The maximum absolute atomic E-state index is 13.7. The fraction of sp³-hybridized carbons (Fsp3) is 0.552. The normalized spacial score (nSPS) is 18.6. The fourth-order valence-corrected chi connectivity index (χ4v) is 5.48. The van der Waals surface area contributed by atoms with E-state index < -0.39 is 23.1 Å². The Labute approximate surface area is 213 Å². The monoisotopic (exact) mass is 498 g/mol. The van der Waals surface area contributed by atoms with Crippen LogP contribution in [0.2, 0.25) is 0 Å². The minimum atomic E-state index is -1.53.